The summed E-state index contributed by atoms with van der Waals surface area (Å²) in [5.74, 6) is 0.0878. The Balaban J connectivity index is 2.41. The lowest BCUT2D eigenvalue weighted by Gasteiger charge is -2.21. The molecule has 0 bridgehead atoms. The van der Waals surface area contributed by atoms with Gasteiger partial charge in [0.05, 0.1) is 0 Å². The molecule has 1 aromatic carbocycles. The first-order valence-corrected chi connectivity index (χ1v) is 7.92. The van der Waals surface area contributed by atoms with Crippen molar-refractivity contribution in [2.24, 2.45) is 11.7 Å². The van der Waals surface area contributed by atoms with Crippen LogP contribution >= 0.6 is 0 Å². The first-order valence-electron chi connectivity index (χ1n) is 7.92. The van der Waals surface area contributed by atoms with E-state index < -0.39 is 6.36 Å². The normalized spacial score (nSPS) is 13.0. The number of nitrogens with two attached hydrogens (primary N) is 1. The first kappa shape index (κ1) is 20.3. The topological polar surface area (TPSA) is 55.6 Å². The molecule has 0 saturated carbocycles. The number of amides is 1. The molecule has 1 unspecified atom stereocenters. The van der Waals surface area contributed by atoms with Gasteiger partial charge in [-0.2, -0.15) is 0 Å². The van der Waals surface area contributed by atoms with Crippen molar-refractivity contribution in [3.05, 3.63) is 29.8 Å². The maximum atomic E-state index is 12.1. The highest BCUT2D eigenvalue weighted by molar-refractivity contribution is 5.76. The second-order valence-corrected chi connectivity index (χ2v) is 6.20. The lowest BCUT2D eigenvalue weighted by atomic mass is 10.0. The number of hydrogen-bond acceptors (Lipinski definition) is 3. The molecule has 136 valence electrons. The molecule has 0 aromatic heterocycles. The molecule has 24 heavy (non-hydrogen) atoms. The summed E-state index contributed by atoms with van der Waals surface area (Å²) in [5, 5.41) is 0. The second kappa shape index (κ2) is 8.92. The average molecular weight is 346 g/mol. The standard InChI is InChI=1S/C17H25F3N2O2/c1-12(2)15(21)10-11-22(3)16(23)9-6-13-4-7-14(8-5-13)24-17(18,19)20/h4-5,7-8,12,15H,6,9-11,21H2,1-3H3. The largest absolute Gasteiger partial charge is 0.573 e. The summed E-state index contributed by atoms with van der Waals surface area (Å²) in [7, 11) is 1.73. The van der Waals surface area contributed by atoms with Crippen molar-refractivity contribution in [1.29, 1.82) is 0 Å². The Labute approximate surface area is 140 Å². The Kier molecular flexibility index (Phi) is 7.54. The van der Waals surface area contributed by atoms with Crippen LogP contribution < -0.4 is 10.5 Å². The number of carbonyl (C=O) groups excluding carboxylic acids is 1. The third kappa shape index (κ3) is 7.68. The monoisotopic (exact) mass is 346 g/mol. The number of rotatable bonds is 8. The number of hydrogen-bond donors (Lipinski definition) is 1. The van der Waals surface area contributed by atoms with E-state index in [1.807, 2.05) is 13.8 Å². The number of nitrogens with zero attached hydrogens (tertiary/aromatic N) is 1. The van der Waals surface area contributed by atoms with E-state index in [2.05, 4.69) is 4.74 Å². The van der Waals surface area contributed by atoms with E-state index in [4.69, 9.17) is 5.73 Å². The summed E-state index contributed by atoms with van der Waals surface area (Å²) >= 11 is 0. The zero-order chi connectivity index (χ0) is 18.3. The van der Waals surface area contributed by atoms with Crippen LogP contribution in [-0.2, 0) is 11.2 Å². The molecule has 0 aliphatic carbocycles. The fourth-order valence-corrected chi connectivity index (χ4v) is 2.10. The van der Waals surface area contributed by atoms with Crippen molar-refractivity contribution in [3.63, 3.8) is 0 Å². The zero-order valence-electron chi connectivity index (χ0n) is 14.3. The highest BCUT2D eigenvalue weighted by atomic mass is 19.4. The Hall–Kier alpha value is -1.76. The highest BCUT2D eigenvalue weighted by Crippen LogP contribution is 2.23. The molecule has 0 aliphatic rings. The molecule has 7 heteroatoms. The van der Waals surface area contributed by atoms with Crippen LogP contribution in [0.2, 0.25) is 0 Å². The van der Waals surface area contributed by atoms with Gasteiger partial charge in [-0.3, -0.25) is 4.79 Å². The molecule has 4 nitrogen and oxygen atoms in total. The molecular formula is C17H25F3N2O2. The van der Waals surface area contributed by atoms with Crippen LogP contribution in [0.5, 0.6) is 5.75 Å². The third-order valence-electron chi connectivity index (χ3n) is 3.86. The minimum absolute atomic E-state index is 0.0124. The molecule has 0 saturated heterocycles. The SMILES string of the molecule is CC(C)C(N)CCN(C)C(=O)CCc1ccc(OC(F)(F)F)cc1. The van der Waals surface area contributed by atoms with Crippen molar-refractivity contribution in [1.82, 2.24) is 4.90 Å². The maximum Gasteiger partial charge on any atom is 0.573 e. The van der Waals surface area contributed by atoms with Crippen LogP contribution in [0.3, 0.4) is 0 Å². The number of ether oxygens (including phenoxy) is 1. The number of alkyl halides is 3. The van der Waals surface area contributed by atoms with E-state index in [-0.39, 0.29) is 17.7 Å². The summed E-state index contributed by atoms with van der Waals surface area (Å²) in [6.07, 6.45) is -3.20. The lowest BCUT2D eigenvalue weighted by Crippen LogP contribution is -2.34. The van der Waals surface area contributed by atoms with Crippen LogP contribution in [0.4, 0.5) is 13.2 Å². The van der Waals surface area contributed by atoms with Crippen molar-refractivity contribution < 1.29 is 22.7 Å². The van der Waals surface area contributed by atoms with Gasteiger partial charge in [0, 0.05) is 26.1 Å². The van der Waals surface area contributed by atoms with Crippen LogP contribution in [-0.4, -0.2) is 36.8 Å². The zero-order valence-corrected chi connectivity index (χ0v) is 14.3. The molecule has 2 N–H and O–H groups in total. The summed E-state index contributed by atoms with van der Waals surface area (Å²) < 4.78 is 40.1. The van der Waals surface area contributed by atoms with Gasteiger partial charge in [0.25, 0.3) is 0 Å². The number of halogens is 3. The predicted octanol–water partition coefficient (Wildman–Crippen LogP) is 3.35. The van der Waals surface area contributed by atoms with Crippen molar-refractivity contribution >= 4 is 5.91 Å². The van der Waals surface area contributed by atoms with Crippen molar-refractivity contribution in [2.45, 2.75) is 45.5 Å². The van der Waals surface area contributed by atoms with Gasteiger partial charge in [0.1, 0.15) is 5.75 Å². The van der Waals surface area contributed by atoms with Gasteiger partial charge in [-0.15, -0.1) is 13.2 Å². The van der Waals surface area contributed by atoms with E-state index >= 15 is 0 Å². The Bertz CT molecular complexity index is 516. The van der Waals surface area contributed by atoms with Crippen LogP contribution in [0.15, 0.2) is 24.3 Å². The molecule has 1 atom stereocenters. The van der Waals surface area contributed by atoms with Crippen molar-refractivity contribution in [2.75, 3.05) is 13.6 Å². The summed E-state index contributed by atoms with van der Waals surface area (Å²) in [4.78, 5) is 13.7. The van der Waals surface area contributed by atoms with Gasteiger partial charge >= 0.3 is 6.36 Å². The molecular weight excluding hydrogens is 321 g/mol. The molecule has 0 aliphatic heterocycles. The number of carbonyl (C=O) groups is 1. The maximum absolute atomic E-state index is 12.1. The smallest absolute Gasteiger partial charge is 0.406 e. The Morgan fingerprint density at radius 2 is 1.83 bits per heavy atom. The molecule has 1 aromatic rings. The van der Waals surface area contributed by atoms with Gasteiger partial charge in [0.15, 0.2) is 0 Å². The predicted molar refractivity (Wildman–Crippen MR) is 86.5 cm³/mol. The van der Waals surface area contributed by atoms with Crippen LogP contribution in [0.25, 0.3) is 0 Å². The molecule has 0 spiro atoms. The third-order valence-corrected chi connectivity index (χ3v) is 3.86. The average Bonchev–Trinajstić information content (AvgIpc) is 2.49. The first-order chi connectivity index (χ1) is 11.1. The summed E-state index contributed by atoms with van der Waals surface area (Å²) in [5.41, 5.74) is 6.74. The van der Waals surface area contributed by atoms with Gasteiger partial charge < -0.3 is 15.4 Å². The highest BCUT2D eigenvalue weighted by Gasteiger charge is 2.30. The Morgan fingerprint density at radius 1 is 1.25 bits per heavy atom. The minimum Gasteiger partial charge on any atom is -0.406 e. The second-order valence-electron chi connectivity index (χ2n) is 6.20. The summed E-state index contributed by atoms with van der Waals surface area (Å²) in [6.45, 7) is 4.67. The van der Waals surface area contributed by atoms with Crippen LogP contribution in [0, 0.1) is 5.92 Å². The fraction of sp³-hybridized carbons (Fsp3) is 0.588. The van der Waals surface area contributed by atoms with E-state index in [1.165, 1.54) is 24.3 Å². The van der Waals surface area contributed by atoms with Crippen molar-refractivity contribution in [3.8, 4) is 5.75 Å². The molecule has 1 amide bonds. The number of aryl methyl sites for hydroxylation is 1. The minimum atomic E-state index is -4.70. The van der Waals surface area contributed by atoms with Gasteiger partial charge in [-0.1, -0.05) is 26.0 Å². The molecule has 0 heterocycles. The molecule has 0 fully saturated rings. The molecule has 0 radical (unpaired) electrons. The molecule has 1 rings (SSSR count). The van der Waals surface area contributed by atoms with E-state index in [0.29, 0.717) is 25.3 Å². The van der Waals surface area contributed by atoms with E-state index in [1.54, 1.807) is 11.9 Å². The summed E-state index contributed by atoms with van der Waals surface area (Å²) in [6, 6.07) is 5.62. The van der Waals surface area contributed by atoms with Gasteiger partial charge in [-0.25, -0.2) is 0 Å². The fourth-order valence-electron chi connectivity index (χ4n) is 2.10. The number of benzene rings is 1. The van der Waals surface area contributed by atoms with Gasteiger partial charge in [0.2, 0.25) is 5.91 Å². The van der Waals surface area contributed by atoms with E-state index in [0.717, 1.165) is 12.0 Å². The van der Waals surface area contributed by atoms with Crippen LogP contribution in [0.1, 0.15) is 32.3 Å². The Morgan fingerprint density at radius 3 is 2.33 bits per heavy atom. The van der Waals surface area contributed by atoms with Gasteiger partial charge in [-0.05, 0) is 36.5 Å². The quantitative estimate of drug-likeness (QED) is 0.785. The lowest BCUT2D eigenvalue weighted by molar-refractivity contribution is -0.274. The van der Waals surface area contributed by atoms with E-state index in [9.17, 15) is 18.0 Å².